The van der Waals surface area contributed by atoms with Crippen LogP contribution in [-0.2, 0) is 17.1 Å². The lowest BCUT2D eigenvalue weighted by Crippen LogP contribution is -2.01. The SMILES string of the molecule is CC1=NS(=O)(=O)c2cnn(C)c21. The van der Waals surface area contributed by atoms with Gasteiger partial charge in [0.15, 0.2) is 0 Å². The molecule has 0 amide bonds. The van der Waals surface area contributed by atoms with E-state index in [0.717, 1.165) is 0 Å². The minimum absolute atomic E-state index is 0.211. The van der Waals surface area contributed by atoms with E-state index in [0.29, 0.717) is 11.4 Å². The highest BCUT2D eigenvalue weighted by Gasteiger charge is 2.29. The van der Waals surface area contributed by atoms with Gasteiger partial charge in [-0.15, -0.1) is 0 Å². The molecule has 0 radical (unpaired) electrons. The fourth-order valence-corrected chi connectivity index (χ4v) is 2.54. The zero-order chi connectivity index (χ0) is 8.93. The minimum Gasteiger partial charge on any atom is -0.265 e. The van der Waals surface area contributed by atoms with E-state index >= 15 is 0 Å². The summed E-state index contributed by atoms with van der Waals surface area (Å²) in [6.07, 6.45) is 1.32. The van der Waals surface area contributed by atoms with Crippen molar-refractivity contribution in [2.24, 2.45) is 11.4 Å². The van der Waals surface area contributed by atoms with Gasteiger partial charge in [-0.25, -0.2) is 0 Å². The second-order valence-electron chi connectivity index (χ2n) is 2.63. The van der Waals surface area contributed by atoms with Crippen LogP contribution >= 0.6 is 0 Å². The molecule has 0 saturated carbocycles. The van der Waals surface area contributed by atoms with Crippen molar-refractivity contribution in [3.63, 3.8) is 0 Å². The highest BCUT2D eigenvalue weighted by atomic mass is 32.2. The first kappa shape index (κ1) is 7.48. The van der Waals surface area contributed by atoms with Crippen LogP contribution in [0.5, 0.6) is 0 Å². The van der Waals surface area contributed by atoms with Crippen LogP contribution in [-0.4, -0.2) is 23.9 Å². The maximum absolute atomic E-state index is 11.2. The summed E-state index contributed by atoms with van der Waals surface area (Å²) in [6, 6.07) is 0. The lowest BCUT2D eigenvalue weighted by atomic mass is 10.3. The molecule has 0 unspecified atom stereocenters. The van der Waals surface area contributed by atoms with Gasteiger partial charge in [-0.1, -0.05) is 0 Å². The number of aryl methyl sites for hydroxylation is 1. The minimum atomic E-state index is -3.43. The second kappa shape index (κ2) is 1.95. The molecule has 1 aromatic rings. The Balaban J connectivity index is 2.88. The van der Waals surface area contributed by atoms with Gasteiger partial charge < -0.3 is 0 Å². The molecule has 0 saturated heterocycles. The standard InChI is InChI=1S/C6H7N3O2S/c1-4-6-5(3-7-9(6)2)12(10,11)8-4/h3H,1-2H3. The topological polar surface area (TPSA) is 64.3 Å². The van der Waals surface area contributed by atoms with Crippen LogP contribution in [0.15, 0.2) is 15.5 Å². The Kier molecular flexibility index (Phi) is 1.21. The molecule has 1 aliphatic heterocycles. The number of nitrogens with zero attached hydrogens (tertiary/aromatic N) is 3. The Morgan fingerprint density at radius 1 is 1.50 bits per heavy atom. The van der Waals surface area contributed by atoms with E-state index in [1.54, 1.807) is 14.0 Å². The van der Waals surface area contributed by atoms with E-state index in [1.165, 1.54) is 10.9 Å². The van der Waals surface area contributed by atoms with Gasteiger partial charge >= 0.3 is 0 Å². The summed E-state index contributed by atoms with van der Waals surface area (Å²) in [7, 11) is -1.74. The first-order chi connectivity index (χ1) is 5.52. The average molecular weight is 185 g/mol. The summed E-state index contributed by atoms with van der Waals surface area (Å²) < 4.78 is 27.5. The Hall–Kier alpha value is -1.17. The summed E-state index contributed by atoms with van der Waals surface area (Å²) >= 11 is 0. The molecule has 5 nitrogen and oxygen atoms in total. The quantitative estimate of drug-likeness (QED) is 0.568. The van der Waals surface area contributed by atoms with Crippen LogP contribution in [0.2, 0.25) is 0 Å². The van der Waals surface area contributed by atoms with E-state index in [1.807, 2.05) is 0 Å². The molecule has 1 aromatic heterocycles. The lowest BCUT2D eigenvalue weighted by Gasteiger charge is -1.93. The molecule has 0 atom stereocenters. The normalized spacial score (nSPS) is 19.0. The number of hydrogen-bond acceptors (Lipinski definition) is 3. The van der Waals surface area contributed by atoms with Crippen molar-refractivity contribution in [2.75, 3.05) is 0 Å². The molecule has 0 aliphatic carbocycles. The third kappa shape index (κ3) is 0.752. The van der Waals surface area contributed by atoms with Crippen LogP contribution < -0.4 is 0 Å². The zero-order valence-corrected chi connectivity index (χ0v) is 7.46. The van der Waals surface area contributed by atoms with Crippen LogP contribution in [0.3, 0.4) is 0 Å². The van der Waals surface area contributed by atoms with Crippen LogP contribution in [0.25, 0.3) is 0 Å². The van der Waals surface area contributed by atoms with Crippen molar-refractivity contribution in [1.82, 2.24) is 9.78 Å². The fourth-order valence-electron chi connectivity index (χ4n) is 1.29. The summed E-state index contributed by atoms with van der Waals surface area (Å²) in [5.74, 6) is 0. The first-order valence-electron chi connectivity index (χ1n) is 3.36. The number of sulfonamides is 1. The number of rotatable bonds is 0. The molecular weight excluding hydrogens is 178 g/mol. The molecular formula is C6H7N3O2S. The molecule has 2 heterocycles. The fraction of sp³-hybridized carbons (Fsp3) is 0.333. The molecule has 0 bridgehead atoms. The molecule has 0 aromatic carbocycles. The van der Waals surface area contributed by atoms with Gasteiger partial charge in [0, 0.05) is 7.05 Å². The average Bonchev–Trinajstić information content (AvgIpc) is 2.38. The number of fused-ring (bicyclic) bond motifs is 1. The third-order valence-electron chi connectivity index (χ3n) is 1.78. The summed E-state index contributed by atoms with van der Waals surface area (Å²) in [5, 5.41) is 3.84. The number of aromatic nitrogens is 2. The van der Waals surface area contributed by atoms with Gasteiger partial charge in [-0.3, -0.25) is 4.68 Å². The monoisotopic (exact) mass is 185 g/mol. The summed E-state index contributed by atoms with van der Waals surface area (Å²) in [5.41, 5.74) is 1.10. The van der Waals surface area contributed by atoms with Crippen molar-refractivity contribution >= 4 is 15.7 Å². The van der Waals surface area contributed by atoms with Crippen molar-refractivity contribution in [3.8, 4) is 0 Å². The van der Waals surface area contributed by atoms with Gasteiger partial charge in [-0.05, 0) is 6.92 Å². The number of hydrogen-bond donors (Lipinski definition) is 0. The summed E-state index contributed by atoms with van der Waals surface area (Å²) in [6.45, 7) is 1.66. The Bertz CT molecular complexity index is 469. The van der Waals surface area contributed by atoms with Crippen molar-refractivity contribution in [3.05, 3.63) is 11.9 Å². The predicted octanol–water partition coefficient (Wildman–Crippen LogP) is -0.0686. The lowest BCUT2D eigenvalue weighted by molar-refractivity contribution is 0.599. The van der Waals surface area contributed by atoms with E-state index in [-0.39, 0.29) is 4.90 Å². The highest BCUT2D eigenvalue weighted by Crippen LogP contribution is 2.24. The van der Waals surface area contributed by atoms with Crippen LogP contribution in [0.1, 0.15) is 12.6 Å². The summed E-state index contributed by atoms with van der Waals surface area (Å²) in [4.78, 5) is 0.211. The Morgan fingerprint density at radius 3 is 2.75 bits per heavy atom. The van der Waals surface area contributed by atoms with Crippen LogP contribution in [0, 0.1) is 0 Å². The van der Waals surface area contributed by atoms with E-state index < -0.39 is 10.0 Å². The van der Waals surface area contributed by atoms with Crippen molar-refractivity contribution in [1.29, 1.82) is 0 Å². The smallest absolute Gasteiger partial charge is 0.265 e. The molecule has 12 heavy (non-hydrogen) atoms. The van der Waals surface area contributed by atoms with Gasteiger partial charge in [0.1, 0.15) is 10.6 Å². The molecule has 1 aliphatic rings. The Morgan fingerprint density at radius 2 is 2.17 bits per heavy atom. The Labute approximate surface area is 69.8 Å². The largest absolute Gasteiger partial charge is 0.286 e. The molecule has 0 fully saturated rings. The van der Waals surface area contributed by atoms with Crippen LogP contribution in [0.4, 0.5) is 0 Å². The maximum atomic E-state index is 11.2. The first-order valence-corrected chi connectivity index (χ1v) is 4.80. The van der Waals surface area contributed by atoms with E-state index in [9.17, 15) is 8.42 Å². The molecule has 6 heteroatoms. The zero-order valence-electron chi connectivity index (χ0n) is 6.64. The van der Waals surface area contributed by atoms with E-state index in [4.69, 9.17) is 0 Å². The van der Waals surface area contributed by atoms with Gasteiger partial charge in [0.25, 0.3) is 10.0 Å². The van der Waals surface area contributed by atoms with Gasteiger partial charge in [0.2, 0.25) is 0 Å². The molecule has 64 valence electrons. The van der Waals surface area contributed by atoms with Gasteiger partial charge in [0.05, 0.1) is 11.9 Å². The third-order valence-corrected chi connectivity index (χ3v) is 3.15. The van der Waals surface area contributed by atoms with Gasteiger partial charge in [-0.2, -0.15) is 17.9 Å². The van der Waals surface area contributed by atoms with Crippen molar-refractivity contribution < 1.29 is 8.42 Å². The highest BCUT2D eigenvalue weighted by molar-refractivity contribution is 7.90. The molecule has 0 N–H and O–H groups in total. The predicted molar refractivity (Wildman–Crippen MR) is 42.6 cm³/mol. The molecule has 0 spiro atoms. The van der Waals surface area contributed by atoms with Crippen molar-refractivity contribution in [2.45, 2.75) is 11.8 Å². The second-order valence-corrected chi connectivity index (χ2v) is 4.21. The maximum Gasteiger partial charge on any atom is 0.286 e. The van der Waals surface area contributed by atoms with E-state index in [2.05, 4.69) is 9.50 Å². The molecule has 2 rings (SSSR count).